The van der Waals surface area contributed by atoms with Crippen LogP contribution in [0.1, 0.15) is 85.7 Å². The topological polar surface area (TPSA) is 99.6 Å². The molecule has 0 radical (unpaired) electrons. The van der Waals surface area contributed by atoms with Crippen molar-refractivity contribution in [2.45, 2.75) is 76.2 Å². The number of nitrogens with one attached hydrogen (secondary N) is 1. The minimum atomic E-state index is -4.12. The van der Waals surface area contributed by atoms with Crippen LogP contribution in [0, 0.1) is 17.8 Å². The number of aliphatic hydroxyl groups excluding tert-OH is 1. The first kappa shape index (κ1) is 30.5. The second kappa shape index (κ2) is 12.2. The van der Waals surface area contributed by atoms with E-state index in [1.165, 1.54) is 18.3 Å². The van der Waals surface area contributed by atoms with Crippen molar-refractivity contribution < 1.29 is 31.5 Å². The van der Waals surface area contributed by atoms with Crippen molar-refractivity contribution in [2.75, 3.05) is 18.9 Å². The van der Waals surface area contributed by atoms with Crippen LogP contribution in [-0.4, -0.2) is 54.4 Å². The number of aliphatic hydroxyl groups is 1. The molecule has 0 unspecified atom stereocenters. The number of sulfone groups is 1. The standard InChI is InChI=1S/C29H38F3N3O4S/c1-4-40(38,39)24-11-7-20(8-12-24)25(17-36)34-28(37)21-13-22-16-35(27(18(2)3)26(22)33-14-21)15-19-5-9-23(10-6-19)29(30,31)32/h7-8,11-14,18-19,23,25,27,36H,4-6,9-10,15-17H2,1-3H3,(H,34,37)/t19-,23-,25-,27-/m0/s1. The maximum Gasteiger partial charge on any atom is 0.391 e. The molecule has 11 heteroatoms. The van der Waals surface area contributed by atoms with E-state index >= 15 is 0 Å². The first-order valence-corrected chi connectivity index (χ1v) is 15.5. The molecule has 1 amide bonds. The maximum absolute atomic E-state index is 13.1. The SMILES string of the molecule is CCS(=O)(=O)c1ccc([C@H](CO)NC(=O)c2cnc3c(c2)CN(C[C@H]2CC[C@H](C(F)(F)F)CC2)[C@H]3C(C)C)cc1. The molecular formula is C29H38F3N3O4S. The molecule has 1 aliphatic heterocycles. The third-order valence-corrected chi connectivity index (χ3v) is 10.0. The van der Waals surface area contributed by atoms with Crippen molar-refractivity contribution in [1.82, 2.24) is 15.2 Å². The number of halogens is 3. The molecule has 2 atom stereocenters. The number of rotatable bonds is 9. The van der Waals surface area contributed by atoms with Crippen LogP contribution >= 0.6 is 0 Å². The third kappa shape index (κ3) is 6.69. The van der Waals surface area contributed by atoms with Gasteiger partial charge in [0.2, 0.25) is 0 Å². The molecule has 1 saturated carbocycles. The van der Waals surface area contributed by atoms with E-state index in [9.17, 15) is 31.5 Å². The highest BCUT2D eigenvalue weighted by Gasteiger charge is 2.42. The zero-order valence-corrected chi connectivity index (χ0v) is 23.9. The van der Waals surface area contributed by atoms with Crippen molar-refractivity contribution >= 4 is 15.7 Å². The molecule has 7 nitrogen and oxygen atoms in total. The lowest BCUT2D eigenvalue weighted by molar-refractivity contribution is -0.184. The zero-order chi connectivity index (χ0) is 29.2. The Morgan fingerprint density at radius 2 is 1.80 bits per heavy atom. The molecule has 2 N–H and O–H groups in total. The smallest absolute Gasteiger partial charge is 0.391 e. The first-order chi connectivity index (χ1) is 18.8. The van der Waals surface area contributed by atoms with Crippen LogP contribution in [-0.2, 0) is 16.4 Å². The van der Waals surface area contributed by atoms with Crippen LogP contribution in [0.15, 0.2) is 41.4 Å². The fraction of sp³-hybridized carbons (Fsp3) is 0.586. The van der Waals surface area contributed by atoms with Crippen LogP contribution in [0.5, 0.6) is 0 Å². The summed E-state index contributed by atoms with van der Waals surface area (Å²) in [5, 5.41) is 12.7. The molecule has 1 aromatic heterocycles. The van der Waals surface area contributed by atoms with E-state index in [-0.39, 0.29) is 48.0 Å². The normalized spacial score (nSPS) is 22.8. The van der Waals surface area contributed by atoms with Gasteiger partial charge in [-0.15, -0.1) is 0 Å². The predicted molar refractivity (Wildman–Crippen MR) is 145 cm³/mol. The number of hydrogen-bond acceptors (Lipinski definition) is 6. The number of amides is 1. The number of carbonyl (C=O) groups is 1. The molecule has 2 heterocycles. The molecule has 0 spiro atoms. The molecule has 4 rings (SSSR count). The minimum Gasteiger partial charge on any atom is -0.394 e. The molecule has 1 aromatic carbocycles. The van der Waals surface area contributed by atoms with Gasteiger partial charge >= 0.3 is 6.18 Å². The number of fused-ring (bicyclic) bond motifs is 1. The van der Waals surface area contributed by atoms with Gasteiger partial charge in [0.05, 0.1) is 46.5 Å². The van der Waals surface area contributed by atoms with Crippen molar-refractivity contribution in [3.63, 3.8) is 0 Å². The van der Waals surface area contributed by atoms with Gasteiger partial charge < -0.3 is 10.4 Å². The van der Waals surface area contributed by atoms with Crippen LogP contribution in [0.2, 0.25) is 0 Å². The zero-order valence-electron chi connectivity index (χ0n) is 23.1. The van der Waals surface area contributed by atoms with E-state index < -0.39 is 33.9 Å². The van der Waals surface area contributed by atoms with Gasteiger partial charge in [0.15, 0.2) is 9.84 Å². The van der Waals surface area contributed by atoms with Crippen molar-refractivity contribution in [3.05, 3.63) is 58.9 Å². The number of pyridine rings is 1. The summed E-state index contributed by atoms with van der Waals surface area (Å²) in [6.45, 7) is 6.65. The van der Waals surface area contributed by atoms with Gasteiger partial charge in [0.25, 0.3) is 5.91 Å². The lowest BCUT2D eigenvalue weighted by Crippen LogP contribution is -2.35. The molecule has 0 saturated heterocycles. The Kier molecular flexibility index (Phi) is 9.26. The summed E-state index contributed by atoms with van der Waals surface area (Å²) in [6.07, 6.45) is -1.15. The fourth-order valence-electron chi connectivity index (χ4n) is 6.00. The van der Waals surface area contributed by atoms with Gasteiger partial charge in [0.1, 0.15) is 0 Å². The van der Waals surface area contributed by atoms with E-state index in [2.05, 4.69) is 29.0 Å². The van der Waals surface area contributed by atoms with Crippen molar-refractivity contribution in [2.24, 2.45) is 17.8 Å². The molecular weight excluding hydrogens is 543 g/mol. The maximum atomic E-state index is 13.1. The van der Waals surface area contributed by atoms with Crippen LogP contribution in [0.25, 0.3) is 0 Å². The molecule has 220 valence electrons. The molecule has 2 aliphatic rings. The van der Waals surface area contributed by atoms with E-state index in [0.717, 1.165) is 11.3 Å². The molecule has 1 fully saturated rings. The van der Waals surface area contributed by atoms with Crippen LogP contribution in [0.4, 0.5) is 13.2 Å². The van der Waals surface area contributed by atoms with E-state index in [4.69, 9.17) is 0 Å². The highest BCUT2D eigenvalue weighted by Crippen LogP contribution is 2.43. The summed E-state index contributed by atoms with van der Waals surface area (Å²) in [5.41, 5.74) is 2.73. The lowest BCUT2D eigenvalue weighted by Gasteiger charge is -2.35. The fourth-order valence-corrected chi connectivity index (χ4v) is 6.88. The predicted octanol–water partition coefficient (Wildman–Crippen LogP) is 5.22. The first-order valence-electron chi connectivity index (χ1n) is 13.9. The number of aromatic nitrogens is 1. The number of benzene rings is 1. The average molecular weight is 582 g/mol. The Hall–Kier alpha value is -2.50. The van der Waals surface area contributed by atoms with Crippen molar-refractivity contribution in [1.29, 1.82) is 0 Å². The Morgan fingerprint density at radius 3 is 2.35 bits per heavy atom. The summed E-state index contributed by atoms with van der Waals surface area (Å²) >= 11 is 0. The van der Waals surface area contributed by atoms with Gasteiger partial charge in [-0.3, -0.25) is 14.7 Å². The van der Waals surface area contributed by atoms with E-state index in [1.807, 2.05) is 0 Å². The summed E-state index contributed by atoms with van der Waals surface area (Å²) in [6, 6.07) is 7.20. The van der Waals surface area contributed by atoms with Crippen LogP contribution < -0.4 is 5.32 Å². The van der Waals surface area contributed by atoms with Gasteiger partial charge in [0, 0.05) is 19.3 Å². The monoisotopic (exact) mass is 581 g/mol. The quantitative estimate of drug-likeness (QED) is 0.421. The Morgan fingerprint density at radius 1 is 1.15 bits per heavy atom. The van der Waals surface area contributed by atoms with Gasteiger partial charge in [-0.1, -0.05) is 32.9 Å². The molecule has 2 aromatic rings. The molecule has 40 heavy (non-hydrogen) atoms. The number of nitrogens with zero attached hydrogens (tertiary/aromatic N) is 2. The summed E-state index contributed by atoms with van der Waals surface area (Å²) < 4.78 is 63.5. The number of alkyl halides is 3. The summed E-state index contributed by atoms with van der Waals surface area (Å²) in [7, 11) is -3.36. The molecule has 1 aliphatic carbocycles. The third-order valence-electron chi connectivity index (χ3n) is 8.25. The summed E-state index contributed by atoms with van der Waals surface area (Å²) in [5.74, 6) is -1.21. The Bertz CT molecular complexity index is 1290. The average Bonchev–Trinajstić information content (AvgIpc) is 3.28. The van der Waals surface area contributed by atoms with Crippen LogP contribution in [0.3, 0.4) is 0 Å². The second-order valence-electron chi connectivity index (χ2n) is 11.3. The minimum absolute atomic E-state index is 0.0217. The van der Waals surface area contributed by atoms with Gasteiger partial charge in [-0.2, -0.15) is 13.2 Å². The van der Waals surface area contributed by atoms with Gasteiger partial charge in [-0.25, -0.2) is 8.42 Å². The Balaban J connectivity index is 1.44. The molecule has 0 bridgehead atoms. The lowest BCUT2D eigenvalue weighted by atomic mass is 9.81. The van der Waals surface area contributed by atoms with E-state index in [1.54, 1.807) is 25.1 Å². The Labute approximate surface area is 234 Å². The largest absolute Gasteiger partial charge is 0.394 e. The van der Waals surface area contributed by atoms with Crippen molar-refractivity contribution in [3.8, 4) is 0 Å². The summed E-state index contributed by atoms with van der Waals surface area (Å²) in [4.78, 5) is 20.2. The highest BCUT2D eigenvalue weighted by molar-refractivity contribution is 7.91. The highest BCUT2D eigenvalue weighted by atomic mass is 32.2. The van der Waals surface area contributed by atoms with Gasteiger partial charge in [-0.05, 0) is 66.8 Å². The number of carbonyl (C=O) groups excluding carboxylic acids is 1. The number of hydrogen-bond donors (Lipinski definition) is 2. The van der Waals surface area contributed by atoms with E-state index in [0.29, 0.717) is 37.1 Å². The second-order valence-corrected chi connectivity index (χ2v) is 13.6.